The van der Waals surface area contributed by atoms with Crippen LogP contribution in [0.15, 0.2) is 23.4 Å². The van der Waals surface area contributed by atoms with Gasteiger partial charge in [0.15, 0.2) is 5.60 Å². The minimum Gasteiger partial charge on any atom is -0.384 e. The highest BCUT2D eigenvalue weighted by atomic mass is 16.7. The number of nitrogens with one attached hydrogen (secondary N) is 2. The first-order chi connectivity index (χ1) is 12.4. The van der Waals surface area contributed by atoms with E-state index < -0.39 is 5.60 Å². The van der Waals surface area contributed by atoms with Gasteiger partial charge in [0.25, 0.3) is 11.8 Å². The molecule has 8 nitrogen and oxygen atoms in total. The van der Waals surface area contributed by atoms with E-state index in [9.17, 15) is 9.59 Å². The lowest BCUT2D eigenvalue weighted by molar-refractivity contribution is -0.128. The molecule has 1 spiro atoms. The van der Waals surface area contributed by atoms with E-state index in [1.54, 1.807) is 12.1 Å². The van der Waals surface area contributed by atoms with Gasteiger partial charge in [0.1, 0.15) is 11.4 Å². The van der Waals surface area contributed by atoms with Crippen molar-refractivity contribution in [3.8, 4) is 0 Å². The molecule has 0 bridgehead atoms. The van der Waals surface area contributed by atoms with Crippen molar-refractivity contribution in [1.82, 2.24) is 15.6 Å². The van der Waals surface area contributed by atoms with E-state index in [0.29, 0.717) is 24.4 Å². The second kappa shape index (κ2) is 7.41. The Kier molecular flexibility index (Phi) is 5.22. The van der Waals surface area contributed by atoms with Crippen molar-refractivity contribution in [2.75, 3.05) is 13.2 Å². The van der Waals surface area contributed by atoms with Crippen molar-refractivity contribution in [2.24, 2.45) is 5.16 Å². The summed E-state index contributed by atoms with van der Waals surface area (Å²) < 4.78 is 5.56. The third-order valence-corrected chi connectivity index (χ3v) is 4.44. The van der Waals surface area contributed by atoms with Gasteiger partial charge in [0.05, 0.1) is 12.6 Å². The van der Waals surface area contributed by atoms with Crippen LogP contribution in [0.5, 0.6) is 0 Å². The van der Waals surface area contributed by atoms with Gasteiger partial charge in [-0.25, -0.2) is 4.98 Å². The van der Waals surface area contributed by atoms with Crippen LogP contribution in [0.1, 0.15) is 42.9 Å². The van der Waals surface area contributed by atoms with E-state index in [1.165, 1.54) is 0 Å². The number of oxime groups is 1. The molecule has 2 atom stereocenters. The smallest absolute Gasteiger partial charge is 0.270 e. The third-order valence-electron chi connectivity index (χ3n) is 4.44. The van der Waals surface area contributed by atoms with E-state index in [1.807, 2.05) is 26.8 Å². The number of amides is 2. The maximum Gasteiger partial charge on any atom is 0.270 e. The minimum atomic E-state index is -0.860. The monoisotopic (exact) mass is 360 g/mol. The molecule has 0 unspecified atom stereocenters. The molecule has 0 saturated carbocycles. The molecule has 8 heteroatoms. The highest BCUT2D eigenvalue weighted by Crippen LogP contribution is 2.33. The molecule has 0 aliphatic carbocycles. The Labute approximate surface area is 152 Å². The van der Waals surface area contributed by atoms with Crippen LogP contribution in [0.2, 0.25) is 0 Å². The van der Waals surface area contributed by atoms with Gasteiger partial charge in [-0.3, -0.25) is 9.59 Å². The SMILES string of the molecule is Cc1cccc(C(=O)N[C@@H]2CCOC[C@@]23CC(C(=O)NC(C)C)=NO3)n1. The standard InChI is InChI=1S/C18H24N4O4/c1-11(2)19-17(24)14-9-18(26-22-14)10-25-8-7-15(18)21-16(23)13-6-4-5-12(3)20-13/h4-6,11,15H,7-10H2,1-3H3,(H,19,24)(H,21,23)/t15-,18+/m1/s1. The Hall–Kier alpha value is -2.48. The molecule has 2 amide bonds. The largest absolute Gasteiger partial charge is 0.384 e. The summed E-state index contributed by atoms with van der Waals surface area (Å²) in [6, 6.07) is 4.98. The van der Waals surface area contributed by atoms with Gasteiger partial charge in [-0.2, -0.15) is 0 Å². The van der Waals surface area contributed by atoms with E-state index in [4.69, 9.17) is 9.57 Å². The average Bonchev–Trinajstić information content (AvgIpc) is 3.01. The molecule has 0 radical (unpaired) electrons. The average molecular weight is 360 g/mol. The van der Waals surface area contributed by atoms with Crippen molar-refractivity contribution >= 4 is 17.5 Å². The van der Waals surface area contributed by atoms with Gasteiger partial charge < -0.3 is 20.2 Å². The molecule has 1 saturated heterocycles. The van der Waals surface area contributed by atoms with Crippen LogP contribution in [0.3, 0.4) is 0 Å². The molecule has 1 aromatic rings. The second-order valence-electron chi connectivity index (χ2n) is 7.03. The van der Waals surface area contributed by atoms with E-state index in [-0.39, 0.29) is 36.9 Å². The van der Waals surface area contributed by atoms with E-state index in [2.05, 4.69) is 20.8 Å². The maximum absolute atomic E-state index is 12.6. The maximum atomic E-state index is 12.6. The van der Waals surface area contributed by atoms with Crippen molar-refractivity contribution in [2.45, 2.75) is 51.3 Å². The molecule has 1 aromatic heterocycles. The summed E-state index contributed by atoms with van der Waals surface area (Å²) in [6.45, 7) is 6.36. The minimum absolute atomic E-state index is 0.00671. The van der Waals surface area contributed by atoms with Gasteiger partial charge in [-0.1, -0.05) is 11.2 Å². The third kappa shape index (κ3) is 3.85. The van der Waals surface area contributed by atoms with Crippen molar-refractivity contribution in [3.05, 3.63) is 29.6 Å². The van der Waals surface area contributed by atoms with Gasteiger partial charge in [-0.05, 0) is 39.3 Å². The molecule has 3 heterocycles. The normalized spacial score (nSPS) is 24.9. The fourth-order valence-electron chi connectivity index (χ4n) is 3.14. The number of ether oxygens (including phenoxy) is 1. The number of nitrogens with zero attached hydrogens (tertiary/aromatic N) is 2. The van der Waals surface area contributed by atoms with Crippen molar-refractivity contribution in [1.29, 1.82) is 0 Å². The lowest BCUT2D eigenvalue weighted by Gasteiger charge is -2.38. The van der Waals surface area contributed by atoms with E-state index >= 15 is 0 Å². The molecular formula is C18H24N4O4. The Bertz CT molecular complexity index is 734. The zero-order valence-electron chi connectivity index (χ0n) is 15.2. The molecule has 140 valence electrons. The van der Waals surface area contributed by atoms with E-state index in [0.717, 1.165) is 5.69 Å². The quantitative estimate of drug-likeness (QED) is 0.832. The van der Waals surface area contributed by atoms with Gasteiger partial charge in [0.2, 0.25) is 0 Å². The van der Waals surface area contributed by atoms with Gasteiger partial charge in [0, 0.05) is 24.8 Å². The number of aryl methyl sites for hydroxylation is 1. The highest BCUT2D eigenvalue weighted by Gasteiger charge is 2.50. The van der Waals surface area contributed by atoms with Crippen LogP contribution in [0, 0.1) is 6.92 Å². The molecule has 0 aromatic carbocycles. The van der Waals surface area contributed by atoms with Crippen LogP contribution < -0.4 is 10.6 Å². The predicted molar refractivity (Wildman–Crippen MR) is 94.8 cm³/mol. The number of carbonyl (C=O) groups excluding carboxylic acids is 2. The first kappa shape index (κ1) is 18.3. The summed E-state index contributed by atoms with van der Waals surface area (Å²) in [4.78, 5) is 34.7. The predicted octanol–water partition coefficient (Wildman–Crippen LogP) is 0.948. The fraction of sp³-hybridized carbons (Fsp3) is 0.556. The van der Waals surface area contributed by atoms with Crippen LogP contribution in [-0.2, 0) is 14.4 Å². The highest BCUT2D eigenvalue weighted by molar-refractivity contribution is 6.39. The number of aromatic nitrogens is 1. The summed E-state index contributed by atoms with van der Waals surface area (Å²) in [5.41, 5.74) is 0.578. The fourth-order valence-corrected chi connectivity index (χ4v) is 3.14. The van der Waals surface area contributed by atoms with Crippen molar-refractivity contribution in [3.63, 3.8) is 0 Å². The summed E-state index contributed by atoms with van der Waals surface area (Å²) in [6.07, 6.45) is 0.865. The number of carbonyl (C=O) groups is 2. The Morgan fingerprint density at radius 3 is 2.85 bits per heavy atom. The number of pyridine rings is 1. The molecule has 2 aliphatic rings. The van der Waals surface area contributed by atoms with Crippen LogP contribution in [0.4, 0.5) is 0 Å². The molecule has 1 fully saturated rings. The molecule has 26 heavy (non-hydrogen) atoms. The summed E-state index contributed by atoms with van der Waals surface area (Å²) in [7, 11) is 0. The number of rotatable bonds is 4. The van der Waals surface area contributed by atoms with Crippen molar-refractivity contribution < 1.29 is 19.2 Å². The molecule has 2 aliphatic heterocycles. The Morgan fingerprint density at radius 2 is 2.12 bits per heavy atom. The lowest BCUT2D eigenvalue weighted by Crippen LogP contribution is -2.59. The lowest BCUT2D eigenvalue weighted by atomic mass is 9.85. The second-order valence-corrected chi connectivity index (χ2v) is 7.03. The Balaban J connectivity index is 1.71. The summed E-state index contributed by atoms with van der Waals surface area (Å²) in [5.74, 6) is -0.531. The Morgan fingerprint density at radius 1 is 1.31 bits per heavy atom. The van der Waals surface area contributed by atoms with Gasteiger partial charge >= 0.3 is 0 Å². The van der Waals surface area contributed by atoms with Gasteiger partial charge in [-0.15, -0.1) is 0 Å². The molecular weight excluding hydrogens is 336 g/mol. The number of hydrogen-bond acceptors (Lipinski definition) is 6. The summed E-state index contributed by atoms with van der Waals surface area (Å²) >= 11 is 0. The summed E-state index contributed by atoms with van der Waals surface area (Å²) in [5, 5.41) is 9.76. The number of hydrogen-bond donors (Lipinski definition) is 2. The van der Waals surface area contributed by atoms with Crippen LogP contribution in [-0.4, -0.2) is 53.4 Å². The first-order valence-corrected chi connectivity index (χ1v) is 8.78. The zero-order valence-corrected chi connectivity index (χ0v) is 15.2. The molecule has 3 rings (SSSR count). The first-order valence-electron chi connectivity index (χ1n) is 8.78. The van der Waals surface area contributed by atoms with Crippen LogP contribution >= 0.6 is 0 Å². The molecule has 2 N–H and O–H groups in total. The zero-order chi connectivity index (χ0) is 18.7. The van der Waals surface area contributed by atoms with Crippen LogP contribution in [0.25, 0.3) is 0 Å². The topological polar surface area (TPSA) is 102 Å².